The van der Waals surface area contributed by atoms with Gasteiger partial charge in [0.1, 0.15) is 5.76 Å². The molecule has 1 aliphatic rings. The lowest BCUT2D eigenvalue weighted by molar-refractivity contribution is 0.0932. The molecule has 0 spiro atoms. The lowest BCUT2D eigenvalue weighted by Gasteiger charge is -2.26. The molecule has 29 heavy (non-hydrogen) atoms. The van der Waals surface area contributed by atoms with Gasteiger partial charge in [-0.15, -0.1) is 0 Å². The van der Waals surface area contributed by atoms with Crippen LogP contribution in [0.4, 0.5) is 0 Å². The van der Waals surface area contributed by atoms with E-state index in [1.807, 2.05) is 54.9 Å². The zero-order valence-corrected chi connectivity index (χ0v) is 18.3. The minimum absolute atomic E-state index is 0.0542. The number of amides is 1. The summed E-state index contributed by atoms with van der Waals surface area (Å²) >= 11 is 3.45. The highest BCUT2D eigenvalue weighted by Gasteiger charge is 2.27. The molecule has 0 saturated carbocycles. The van der Waals surface area contributed by atoms with E-state index in [-0.39, 0.29) is 11.9 Å². The number of nitrogens with zero attached hydrogens (tertiary/aromatic N) is 3. The molecule has 1 N–H and O–H groups in total. The molecule has 1 amide bonds. The van der Waals surface area contributed by atoms with Crippen molar-refractivity contribution in [3.05, 3.63) is 69.8 Å². The Morgan fingerprint density at radius 2 is 1.93 bits per heavy atom. The molecule has 1 atom stereocenters. The van der Waals surface area contributed by atoms with Crippen LogP contribution >= 0.6 is 15.9 Å². The predicted molar refractivity (Wildman–Crippen MR) is 115 cm³/mol. The van der Waals surface area contributed by atoms with Crippen LogP contribution in [0.5, 0.6) is 0 Å². The Labute approximate surface area is 179 Å². The second kappa shape index (κ2) is 8.55. The summed E-state index contributed by atoms with van der Waals surface area (Å²) in [6, 6.07) is 11.8. The fourth-order valence-corrected chi connectivity index (χ4v) is 4.29. The van der Waals surface area contributed by atoms with E-state index in [1.165, 1.54) is 12.8 Å². The third kappa shape index (κ3) is 4.16. The number of carbonyl (C=O) groups excluding carboxylic acids is 1. The van der Waals surface area contributed by atoms with Gasteiger partial charge in [-0.1, -0.05) is 15.9 Å². The standard InChI is InChI=1S/C22H25BrN4O2/c1-15-21(16(2)27(25-15)18-9-7-17(23)8-10-18)22(28)24-14-19(20-6-5-13-29-20)26-11-3-4-12-26/h5-10,13,19H,3-4,11-12,14H2,1-2H3,(H,24,28). The van der Waals surface area contributed by atoms with Gasteiger partial charge in [-0.3, -0.25) is 9.69 Å². The maximum Gasteiger partial charge on any atom is 0.255 e. The Balaban J connectivity index is 1.53. The van der Waals surface area contributed by atoms with Gasteiger partial charge < -0.3 is 9.73 Å². The van der Waals surface area contributed by atoms with Crippen LogP contribution in [0.2, 0.25) is 0 Å². The number of furan rings is 1. The minimum atomic E-state index is -0.0980. The van der Waals surface area contributed by atoms with Crippen LogP contribution in [-0.2, 0) is 0 Å². The Morgan fingerprint density at radius 1 is 1.21 bits per heavy atom. The van der Waals surface area contributed by atoms with Crippen LogP contribution in [0, 0.1) is 13.8 Å². The molecule has 2 aromatic heterocycles. The molecule has 1 aliphatic heterocycles. The molecule has 1 aromatic carbocycles. The van der Waals surface area contributed by atoms with Crippen LogP contribution in [-0.4, -0.2) is 40.2 Å². The molecular formula is C22H25BrN4O2. The van der Waals surface area contributed by atoms with Crippen LogP contribution in [0.3, 0.4) is 0 Å². The number of carbonyl (C=O) groups is 1. The van der Waals surface area contributed by atoms with Gasteiger partial charge >= 0.3 is 0 Å². The molecule has 152 valence electrons. The average molecular weight is 457 g/mol. The highest BCUT2D eigenvalue weighted by Crippen LogP contribution is 2.25. The summed E-state index contributed by atoms with van der Waals surface area (Å²) < 4.78 is 8.48. The first kappa shape index (κ1) is 19.9. The summed E-state index contributed by atoms with van der Waals surface area (Å²) in [7, 11) is 0. The first-order valence-corrected chi connectivity index (χ1v) is 10.7. The van der Waals surface area contributed by atoms with Crippen molar-refractivity contribution < 1.29 is 9.21 Å². The van der Waals surface area contributed by atoms with Crippen molar-refractivity contribution in [2.75, 3.05) is 19.6 Å². The van der Waals surface area contributed by atoms with Gasteiger partial charge in [-0.25, -0.2) is 4.68 Å². The molecule has 1 saturated heterocycles. The Hall–Kier alpha value is -2.38. The molecule has 7 heteroatoms. The van der Waals surface area contributed by atoms with E-state index in [2.05, 4.69) is 31.2 Å². The second-order valence-electron chi connectivity index (χ2n) is 7.42. The molecule has 6 nitrogen and oxygen atoms in total. The Morgan fingerprint density at radius 3 is 2.59 bits per heavy atom. The zero-order valence-electron chi connectivity index (χ0n) is 16.7. The van der Waals surface area contributed by atoms with E-state index < -0.39 is 0 Å². The van der Waals surface area contributed by atoms with Crippen molar-refractivity contribution >= 4 is 21.8 Å². The summed E-state index contributed by atoms with van der Waals surface area (Å²) in [5.41, 5.74) is 3.11. The summed E-state index contributed by atoms with van der Waals surface area (Å²) in [5.74, 6) is 0.797. The molecule has 0 aliphatic carbocycles. The monoisotopic (exact) mass is 456 g/mol. The van der Waals surface area contributed by atoms with Crippen molar-refractivity contribution in [3.63, 3.8) is 0 Å². The molecule has 0 bridgehead atoms. The van der Waals surface area contributed by atoms with Gasteiger partial charge in [0.15, 0.2) is 0 Å². The van der Waals surface area contributed by atoms with Crippen molar-refractivity contribution in [3.8, 4) is 5.69 Å². The quantitative estimate of drug-likeness (QED) is 0.596. The maximum absolute atomic E-state index is 13.1. The van der Waals surface area contributed by atoms with E-state index in [4.69, 9.17) is 4.42 Å². The van der Waals surface area contributed by atoms with Gasteiger partial charge in [0.2, 0.25) is 0 Å². The average Bonchev–Trinajstić information content (AvgIpc) is 3.46. The van der Waals surface area contributed by atoms with Gasteiger partial charge in [0.25, 0.3) is 5.91 Å². The fourth-order valence-electron chi connectivity index (χ4n) is 4.03. The fraction of sp³-hybridized carbons (Fsp3) is 0.364. The SMILES string of the molecule is Cc1nn(-c2ccc(Br)cc2)c(C)c1C(=O)NCC(c1ccco1)N1CCCC1. The van der Waals surface area contributed by atoms with Crippen LogP contribution in [0.15, 0.2) is 51.6 Å². The number of aromatic nitrogens is 2. The topological polar surface area (TPSA) is 63.3 Å². The molecule has 3 aromatic rings. The lowest BCUT2D eigenvalue weighted by Crippen LogP contribution is -2.37. The van der Waals surface area contributed by atoms with E-state index in [0.717, 1.165) is 40.4 Å². The Bertz CT molecular complexity index is 973. The van der Waals surface area contributed by atoms with Gasteiger partial charge in [0.05, 0.1) is 34.9 Å². The summed E-state index contributed by atoms with van der Waals surface area (Å²) in [6.07, 6.45) is 4.06. The van der Waals surface area contributed by atoms with Crippen molar-refractivity contribution in [1.82, 2.24) is 20.0 Å². The van der Waals surface area contributed by atoms with E-state index >= 15 is 0 Å². The number of nitrogens with one attached hydrogen (secondary N) is 1. The number of hydrogen-bond donors (Lipinski definition) is 1. The zero-order chi connectivity index (χ0) is 20.4. The third-order valence-corrected chi connectivity index (χ3v) is 6.03. The molecule has 3 heterocycles. The normalized spacial score (nSPS) is 15.6. The third-order valence-electron chi connectivity index (χ3n) is 5.50. The number of rotatable bonds is 6. The highest BCUT2D eigenvalue weighted by molar-refractivity contribution is 9.10. The van der Waals surface area contributed by atoms with Crippen LogP contribution in [0.25, 0.3) is 5.69 Å². The van der Waals surface area contributed by atoms with Crippen LogP contribution < -0.4 is 5.32 Å². The number of halogens is 1. The molecular weight excluding hydrogens is 432 g/mol. The van der Waals surface area contributed by atoms with E-state index in [0.29, 0.717) is 12.1 Å². The van der Waals surface area contributed by atoms with Crippen molar-refractivity contribution in [2.24, 2.45) is 0 Å². The first-order chi connectivity index (χ1) is 14.0. The Kier molecular flexibility index (Phi) is 5.87. The summed E-state index contributed by atoms with van der Waals surface area (Å²) in [6.45, 7) is 6.37. The maximum atomic E-state index is 13.1. The van der Waals surface area contributed by atoms with Crippen LogP contribution in [0.1, 0.15) is 46.4 Å². The molecule has 4 rings (SSSR count). The van der Waals surface area contributed by atoms with Gasteiger partial charge in [-0.2, -0.15) is 5.10 Å². The van der Waals surface area contributed by atoms with Crippen molar-refractivity contribution in [1.29, 1.82) is 0 Å². The largest absolute Gasteiger partial charge is 0.468 e. The van der Waals surface area contributed by atoms with Gasteiger partial charge in [-0.05, 0) is 76.2 Å². The lowest BCUT2D eigenvalue weighted by atomic mass is 10.1. The number of benzene rings is 1. The molecule has 1 fully saturated rings. The highest BCUT2D eigenvalue weighted by atomic mass is 79.9. The first-order valence-electron chi connectivity index (χ1n) is 9.92. The molecule has 1 unspecified atom stereocenters. The summed E-state index contributed by atoms with van der Waals surface area (Å²) in [4.78, 5) is 15.4. The second-order valence-corrected chi connectivity index (χ2v) is 8.33. The number of likely N-dealkylation sites (tertiary alicyclic amines) is 1. The molecule has 0 radical (unpaired) electrons. The van der Waals surface area contributed by atoms with Crippen molar-refractivity contribution in [2.45, 2.75) is 32.7 Å². The smallest absolute Gasteiger partial charge is 0.255 e. The number of aryl methyl sites for hydroxylation is 1. The van der Waals surface area contributed by atoms with E-state index in [9.17, 15) is 4.79 Å². The summed E-state index contributed by atoms with van der Waals surface area (Å²) in [5, 5.41) is 7.72. The number of hydrogen-bond acceptors (Lipinski definition) is 4. The van der Waals surface area contributed by atoms with Gasteiger partial charge in [0, 0.05) is 11.0 Å². The van der Waals surface area contributed by atoms with E-state index in [1.54, 1.807) is 6.26 Å². The minimum Gasteiger partial charge on any atom is -0.468 e. The predicted octanol–water partition coefficient (Wildman–Crippen LogP) is 4.41.